The number of rotatable bonds is 3. The molecule has 88 valence electrons. The molecule has 0 amide bonds. The van der Waals surface area contributed by atoms with Crippen LogP contribution in [0.15, 0.2) is 24.7 Å². The van der Waals surface area contributed by atoms with Gasteiger partial charge in [-0.05, 0) is 4.92 Å². The molecule has 0 saturated carbocycles. The highest BCUT2D eigenvalue weighted by Gasteiger charge is 2.14. The fourth-order valence-electron chi connectivity index (χ4n) is 1.18. The van der Waals surface area contributed by atoms with Crippen molar-refractivity contribution in [3.05, 3.63) is 39.8 Å². The van der Waals surface area contributed by atoms with E-state index in [2.05, 4.69) is 10.2 Å². The molecule has 0 spiro atoms. The monoisotopic (exact) mass is 255 g/mol. The lowest BCUT2D eigenvalue weighted by Crippen LogP contribution is -2.18. The first-order valence-corrected chi connectivity index (χ1v) is 4.85. The summed E-state index contributed by atoms with van der Waals surface area (Å²) < 4.78 is 2.21. The second kappa shape index (κ2) is 4.34. The quantitative estimate of drug-likeness (QED) is 0.602. The number of nitro groups is 1. The molecule has 0 aliphatic heterocycles. The van der Waals surface area contributed by atoms with Crippen LogP contribution >= 0.6 is 11.6 Å². The Morgan fingerprint density at radius 1 is 1.59 bits per heavy atom. The first-order valence-electron chi connectivity index (χ1n) is 4.47. The van der Waals surface area contributed by atoms with E-state index in [9.17, 15) is 14.9 Å². The van der Waals surface area contributed by atoms with Crippen LogP contribution in [0.5, 0.6) is 0 Å². The molecule has 17 heavy (non-hydrogen) atoms. The third-order valence-electron chi connectivity index (χ3n) is 1.92. The summed E-state index contributed by atoms with van der Waals surface area (Å²) in [6.07, 6.45) is 4.02. The predicted octanol–water partition coefficient (Wildman–Crippen LogP) is 0.982. The molecule has 0 aliphatic rings. The number of carbonyl (C=O) groups is 1. The summed E-state index contributed by atoms with van der Waals surface area (Å²) in [4.78, 5) is 21.4. The maximum atomic E-state index is 11.6. The molecule has 0 aromatic carbocycles. The summed E-state index contributed by atoms with van der Waals surface area (Å²) >= 11 is 5.61. The van der Waals surface area contributed by atoms with Gasteiger partial charge in [0.25, 0.3) is 5.91 Å². The Balaban J connectivity index is 2.10. The van der Waals surface area contributed by atoms with E-state index in [0.29, 0.717) is 5.02 Å². The third-order valence-corrected chi connectivity index (χ3v) is 2.11. The number of aromatic nitrogens is 4. The lowest BCUT2D eigenvalue weighted by atomic mass is 10.6. The van der Waals surface area contributed by atoms with Gasteiger partial charge in [0.1, 0.15) is 6.54 Å². The number of halogens is 1. The van der Waals surface area contributed by atoms with E-state index < -0.39 is 10.8 Å². The molecule has 8 nitrogen and oxygen atoms in total. The Kier molecular flexibility index (Phi) is 2.88. The lowest BCUT2D eigenvalue weighted by molar-refractivity contribution is -0.389. The van der Waals surface area contributed by atoms with Gasteiger partial charge in [-0.2, -0.15) is 9.78 Å². The van der Waals surface area contributed by atoms with E-state index in [1.165, 1.54) is 24.7 Å². The van der Waals surface area contributed by atoms with Crippen LogP contribution in [0.25, 0.3) is 0 Å². The molecule has 0 N–H and O–H groups in total. The minimum atomic E-state index is -0.633. The van der Waals surface area contributed by atoms with Gasteiger partial charge in [-0.25, -0.2) is 4.68 Å². The van der Waals surface area contributed by atoms with Crippen molar-refractivity contribution in [3.8, 4) is 0 Å². The van der Waals surface area contributed by atoms with Crippen LogP contribution in [0.3, 0.4) is 0 Å². The molecule has 0 aliphatic carbocycles. The van der Waals surface area contributed by atoms with Crippen LogP contribution in [0.1, 0.15) is 4.79 Å². The van der Waals surface area contributed by atoms with E-state index in [-0.39, 0.29) is 12.4 Å². The van der Waals surface area contributed by atoms with E-state index >= 15 is 0 Å². The van der Waals surface area contributed by atoms with E-state index in [0.717, 1.165) is 9.36 Å². The molecular weight excluding hydrogens is 250 g/mol. The Bertz CT molecular complexity index is 575. The van der Waals surface area contributed by atoms with Crippen molar-refractivity contribution in [1.29, 1.82) is 0 Å². The molecule has 9 heteroatoms. The fraction of sp³-hybridized carbons (Fsp3) is 0.125. The van der Waals surface area contributed by atoms with Gasteiger partial charge >= 0.3 is 5.82 Å². The molecule has 0 radical (unpaired) electrons. The first-order chi connectivity index (χ1) is 8.06. The normalized spacial score (nSPS) is 10.4. The smallest absolute Gasteiger partial charge is 0.358 e. The summed E-state index contributed by atoms with van der Waals surface area (Å²) in [6, 6.07) is 1.21. The second-order valence-corrected chi connectivity index (χ2v) is 3.56. The summed E-state index contributed by atoms with van der Waals surface area (Å²) in [5, 5.41) is 18.0. The SMILES string of the molecule is O=C(Cn1ccc([N+](=O)[O-])n1)n1cc(Cl)cn1. The average molecular weight is 256 g/mol. The maximum absolute atomic E-state index is 11.6. The van der Waals surface area contributed by atoms with Crippen LogP contribution in [0, 0.1) is 10.1 Å². The third kappa shape index (κ3) is 2.48. The van der Waals surface area contributed by atoms with Gasteiger partial charge in [0.15, 0.2) is 0 Å². The Morgan fingerprint density at radius 2 is 2.35 bits per heavy atom. The number of nitrogens with zero attached hydrogens (tertiary/aromatic N) is 5. The van der Waals surface area contributed by atoms with Gasteiger partial charge in [-0.15, -0.1) is 0 Å². The molecule has 2 aromatic rings. The second-order valence-electron chi connectivity index (χ2n) is 3.13. The Morgan fingerprint density at radius 3 is 2.88 bits per heavy atom. The standard InChI is InChI=1S/C8H6ClN5O3/c9-6-3-10-13(4-6)8(15)5-12-2-1-7(11-12)14(16)17/h1-4H,5H2. The van der Waals surface area contributed by atoms with Gasteiger partial charge in [0, 0.05) is 0 Å². The van der Waals surface area contributed by atoms with E-state index in [1.807, 2.05) is 0 Å². The minimum absolute atomic E-state index is 0.147. The van der Waals surface area contributed by atoms with Gasteiger partial charge in [-0.1, -0.05) is 11.6 Å². The van der Waals surface area contributed by atoms with Crippen molar-refractivity contribution in [1.82, 2.24) is 19.6 Å². The zero-order valence-corrected chi connectivity index (χ0v) is 9.11. The first kappa shape index (κ1) is 11.3. The van der Waals surface area contributed by atoms with Crippen molar-refractivity contribution in [2.75, 3.05) is 0 Å². The molecule has 0 saturated heterocycles. The summed E-state index contributed by atoms with van der Waals surface area (Å²) in [5.41, 5.74) is 0. The predicted molar refractivity (Wildman–Crippen MR) is 56.7 cm³/mol. The molecule has 2 rings (SSSR count). The van der Waals surface area contributed by atoms with Crippen LogP contribution in [0.4, 0.5) is 5.82 Å². The Hall–Kier alpha value is -2.22. The van der Waals surface area contributed by atoms with Gasteiger partial charge in [-0.3, -0.25) is 4.79 Å². The highest BCUT2D eigenvalue weighted by atomic mass is 35.5. The Labute approximate surface area is 99.6 Å². The van der Waals surface area contributed by atoms with E-state index in [4.69, 9.17) is 11.6 Å². The van der Waals surface area contributed by atoms with Crippen LogP contribution in [-0.4, -0.2) is 30.4 Å². The number of hydrogen-bond acceptors (Lipinski definition) is 5. The molecule has 2 heterocycles. The minimum Gasteiger partial charge on any atom is -0.358 e. The molecular formula is C8H6ClN5O3. The summed E-state index contributed by atoms with van der Waals surface area (Å²) in [5.74, 6) is -0.703. The van der Waals surface area contributed by atoms with Gasteiger partial charge < -0.3 is 10.1 Å². The highest BCUT2D eigenvalue weighted by molar-refractivity contribution is 6.30. The number of carbonyl (C=O) groups excluding carboxylic acids is 1. The van der Waals surface area contributed by atoms with Crippen LogP contribution in [-0.2, 0) is 6.54 Å². The fourth-order valence-corrected chi connectivity index (χ4v) is 1.32. The van der Waals surface area contributed by atoms with Crippen molar-refractivity contribution < 1.29 is 9.72 Å². The van der Waals surface area contributed by atoms with Crippen molar-refractivity contribution in [3.63, 3.8) is 0 Å². The largest absolute Gasteiger partial charge is 0.389 e. The van der Waals surface area contributed by atoms with Gasteiger partial charge in [0.05, 0.1) is 34.8 Å². The van der Waals surface area contributed by atoms with Crippen LogP contribution < -0.4 is 0 Å². The zero-order chi connectivity index (χ0) is 12.4. The lowest BCUT2D eigenvalue weighted by Gasteiger charge is -1.96. The number of hydrogen-bond donors (Lipinski definition) is 0. The van der Waals surface area contributed by atoms with Gasteiger partial charge in [0.2, 0.25) is 0 Å². The molecule has 0 bridgehead atoms. The molecule has 2 aromatic heterocycles. The summed E-state index contributed by atoms with van der Waals surface area (Å²) in [6.45, 7) is -0.147. The van der Waals surface area contributed by atoms with Crippen molar-refractivity contribution >= 4 is 23.3 Å². The summed E-state index contributed by atoms with van der Waals surface area (Å²) in [7, 11) is 0. The molecule has 0 unspecified atom stereocenters. The topological polar surface area (TPSA) is 95.9 Å². The van der Waals surface area contributed by atoms with Crippen molar-refractivity contribution in [2.24, 2.45) is 0 Å². The molecule has 0 atom stereocenters. The maximum Gasteiger partial charge on any atom is 0.389 e. The van der Waals surface area contributed by atoms with Crippen LogP contribution in [0.2, 0.25) is 5.02 Å². The molecule has 0 fully saturated rings. The zero-order valence-electron chi connectivity index (χ0n) is 8.36. The highest BCUT2D eigenvalue weighted by Crippen LogP contribution is 2.07. The van der Waals surface area contributed by atoms with E-state index in [1.54, 1.807) is 0 Å². The van der Waals surface area contributed by atoms with Crippen molar-refractivity contribution in [2.45, 2.75) is 6.54 Å². The average Bonchev–Trinajstić information content (AvgIpc) is 2.86.